The van der Waals surface area contributed by atoms with Crippen LogP contribution in [0, 0.1) is 5.92 Å². The lowest BCUT2D eigenvalue weighted by molar-refractivity contribution is -0.130. The summed E-state index contributed by atoms with van der Waals surface area (Å²) in [5.41, 5.74) is 1.49. The molecule has 2 aromatic carbocycles. The maximum Gasteiger partial charge on any atom is 0.243 e. The number of anilines is 1. The molecule has 148 valence electrons. The second-order valence-corrected chi connectivity index (χ2v) is 7.55. The van der Waals surface area contributed by atoms with Crippen LogP contribution in [-0.4, -0.2) is 30.3 Å². The van der Waals surface area contributed by atoms with Crippen LogP contribution in [0.5, 0.6) is 0 Å². The average molecular weight is 446 g/mol. The molecular formula is C21H24BrN3O3. The molecule has 0 aliphatic rings. The van der Waals surface area contributed by atoms with Gasteiger partial charge in [0.2, 0.25) is 17.7 Å². The molecule has 6 nitrogen and oxygen atoms in total. The van der Waals surface area contributed by atoms with Gasteiger partial charge in [0.1, 0.15) is 6.04 Å². The number of hydrogen-bond donors (Lipinski definition) is 3. The Morgan fingerprint density at radius 3 is 2.21 bits per heavy atom. The molecule has 7 heteroatoms. The molecule has 2 rings (SSSR count). The van der Waals surface area contributed by atoms with Gasteiger partial charge in [0, 0.05) is 4.47 Å². The lowest BCUT2D eigenvalue weighted by Crippen LogP contribution is -2.51. The summed E-state index contributed by atoms with van der Waals surface area (Å²) >= 11 is 3.35. The quantitative estimate of drug-likeness (QED) is 0.583. The summed E-state index contributed by atoms with van der Waals surface area (Å²) in [7, 11) is 0. The number of para-hydroxylation sites is 1. The van der Waals surface area contributed by atoms with Crippen LogP contribution < -0.4 is 16.0 Å². The lowest BCUT2D eigenvalue weighted by Gasteiger charge is -2.21. The fraction of sp³-hybridized carbons (Fsp3) is 0.286. The first-order valence-electron chi connectivity index (χ1n) is 9.02. The van der Waals surface area contributed by atoms with E-state index < -0.39 is 11.9 Å². The zero-order valence-corrected chi connectivity index (χ0v) is 17.5. The summed E-state index contributed by atoms with van der Waals surface area (Å²) in [4.78, 5) is 36.8. The van der Waals surface area contributed by atoms with Crippen molar-refractivity contribution in [1.82, 2.24) is 10.6 Å². The number of carbonyl (C=O) groups excluding carboxylic acids is 3. The van der Waals surface area contributed by atoms with E-state index in [1.807, 2.05) is 56.3 Å². The van der Waals surface area contributed by atoms with Gasteiger partial charge in [-0.15, -0.1) is 0 Å². The molecule has 0 radical (unpaired) electrons. The van der Waals surface area contributed by atoms with Crippen molar-refractivity contribution in [2.24, 2.45) is 5.92 Å². The van der Waals surface area contributed by atoms with E-state index in [9.17, 15) is 14.4 Å². The van der Waals surface area contributed by atoms with Gasteiger partial charge in [-0.25, -0.2) is 0 Å². The topological polar surface area (TPSA) is 87.3 Å². The number of nitrogens with one attached hydrogen (secondary N) is 3. The Labute approximate surface area is 173 Å². The lowest BCUT2D eigenvalue weighted by atomic mass is 10.0. The number of amides is 3. The van der Waals surface area contributed by atoms with Gasteiger partial charge in [-0.1, -0.05) is 56.3 Å². The zero-order chi connectivity index (χ0) is 20.5. The van der Waals surface area contributed by atoms with E-state index in [1.54, 1.807) is 12.1 Å². The monoisotopic (exact) mass is 445 g/mol. The number of halogens is 1. The number of benzene rings is 2. The molecule has 0 saturated carbocycles. The van der Waals surface area contributed by atoms with Crippen LogP contribution in [0.1, 0.15) is 19.4 Å². The van der Waals surface area contributed by atoms with Gasteiger partial charge in [-0.3, -0.25) is 14.4 Å². The van der Waals surface area contributed by atoms with Crippen LogP contribution in [0.25, 0.3) is 0 Å². The number of carbonyl (C=O) groups is 3. The molecule has 0 spiro atoms. The fourth-order valence-corrected chi connectivity index (χ4v) is 2.96. The standard InChI is InChI=1S/C21H24BrN3O3/c1-14(2)20(25-18(26)12-15-8-4-3-5-9-15)21(28)23-13-19(27)24-17-11-7-6-10-16(17)22/h3-11,14,20H,12-13H2,1-2H3,(H,23,28)(H,24,27)(H,25,26)/t20-/m1/s1. The first-order chi connectivity index (χ1) is 13.4. The van der Waals surface area contributed by atoms with E-state index in [2.05, 4.69) is 31.9 Å². The van der Waals surface area contributed by atoms with Crippen LogP contribution in [0.15, 0.2) is 59.1 Å². The molecule has 0 fully saturated rings. The highest BCUT2D eigenvalue weighted by atomic mass is 79.9. The molecule has 3 N–H and O–H groups in total. The second-order valence-electron chi connectivity index (χ2n) is 6.70. The second kappa shape index (κ2) is 10.6. The van der Waals surface area contributed by atoms with Crippen molar-refractivity contribution >= 4 is 39.3 Å². The van der Waals surface area contributed by atoms with Gasteiger partial charge in [0.05, 0.1) is 18.7 Å². The molecule has 0 unspecified atom stereocenters. The molecule has 1 atom stereocenters. The zero-order valence-electron chi connectivity index (χ0n) is 15.9. The molecule has 0 aromatic heterocycles. The third-order valence-electron chi connectivity index (χ3n) is 4.04. The van der Waals surface area contributed by atoms with Crippen LogP contribution >= 0.6 is 15.9 Å². The summed E-state index contributed by atoms with van der Waals surface area (Å²) in [6.45, 7) is 3.50. The normalized spacial score (nSPS) is 11.6. The third kappa shape index (κ3) is 6.81. The highest BCUT2D eigenvalue weighted by molar-refractivity contribution is 9.10. The maximum atomic E-state index is 12.5. The van der Waals surface area contributed by atoms with Crippen molar-refractivity contribution in [1.29, 1.82) is 0 Å². The Morgan fingerprint density at radius 1 is 0.929 bits per heavy atom. The van der Waals surface area contributed by atoms with Crippen LogP contribution in [0.4, 0.5) is 5.69 Å². The van der Waals surface area contributed by atoms with E-state index in [1.165, 1.54) is 0 Å². The summed E-state index contributed by atoms with van der Waals surface area (Å²) in [6.07, 6.45) is 0.194. The highest BCUT2D eigenvalue weighted by Crippen LogP contribution is 2.20. The molecule has 0 heterocycles. The van der Waals surface area contributed by atoms with Gasteiger partial charge in [-0.05, 0) is 39.5 Å². The first kappa shape index (κ1) is 21.6. The van der Waals surface area contributed by atoms with Crippen molar-refractivity contribution in [3.8, 4) is 0 Å². The van der Waals surface area contributed by atoms with Gasteiger partial charge in [-0.2, -0.15) is 0 Å². The van der Waals surface area contributed by atoms with Gasteiger partial charge in [0.15, 0.2) is 0 Å². The van der Waals surface area contributed by atoms with E-state index in [-0.39, 0.29) is 30.7 Å². The van der Waals surface area contributed by atoms with Crippen molar-refractivity contribution in [2.45, 2.75) is 26.3 Å². The molecule has 28 heavy (non-hydrogen) atoms. The van der Waals surface area contributed by atoms with E-state index in [0.29, 0.717) is 5.69 Å². The van der Waals surface area contributed by atoms with Gasteiger partial charge < -0.3 is 16.0 Å². The Kier molecular flexibility index (Phi) is 8.19. The summed E-state index contributed by atoms with van der Waals surface area (Å²) in [5.74, 6) is -1.10. The molecule has 0 aliphatic carbocycles. The number of rotatable bonds is 8. The van der Waals surface area contributed by atoms with Crippen LogP contribution in [-0.2, 0) is 20.8 Å². The third-order valence-corrected chi connectivity index (χ3v) is 4.74. The van der Waals surface area contributed by atoms with Crippen molar-refractivity contribution in [2.75, 3.05) is 11.9 Å². The van der Waals surface area contributed by atoms with Crippen molar-refractivity contribution in [3.63, 3.8) is 0 Å². The highest BCUT2D eigenvalue weighted by Gasteiger charge is 2.24. The molecule has 0 saturated heterocycles. The van der Waals surface area contributed by atoms with Gasteiger partial charge in [0.25, 0.3) is 0 Å². The minimum absolute atomic E-state index is 0.119. The smallest absolute Gasteiger partial charge is 0.243 e. The SMILES string of the molecule is CC(C)[C@@H](NC(=O)Cc1ccccc1)C(=O)NCC(=O)Nc1ccccc1Br. The first-order valence-corrected chi connectivity index (χ1v) is 9.81. The molecule has 0 bridgehead atoms. The van der Waals surface area contributed by atoms with E-state index in [0.717, 1.165) is 10.0 Å². The molecule has 0 aliphatic heterocycles. The van der Waals surface area contributed by atoms with Crippen molar-refractivity contribution in [3.05, 3.63) is 64.6 Å². The van der Waals surface area contributed by atoms with Crippen LogP contribution in [0.2, 0.25) is 0 Å². The Hall–Kier alpha value is -2.67. The number of hydrogen-bond acceptors (Lipinski definition) is 3. The predicted molar refractivity (Wildman–Crippen MR) is 113 cm³/mol. The average Bonchev–Trinajstić information content (AvgIpc) is 2.66. The van der Waals surface area contributed by atoms with E-state index in [4.69, 9.17) is 0 Å². The van der Waals surface area contributed by atoms with Crippen molar-refractivity contribution < 1.29 is 14.4 Å². The fourth-order valence-electron chi connectivity index (χ4n) is 2.58. The summed E-state index contributed by atoms with van der Waals surface area (Å²) < 4.78 is 0.753. The minimum Gasteiger partial charge on any atom is -0.345 e. The largest absolute Gasteiger partial charge is 0.345 e. The van der Waals surface area contributed by atoms with Gasteiger partial charge >= 0.3 is 0 Å². The Morgan fingerprint density at radius 2 is 1.57 bits per heavy atom. The Bertz CT molecular complexity index is 825. The predicted octanol–water partition coefficient (Wildman–Crippen LogP) is 2.89. The summed E-state index contributed by atoms with van der Waals surface area (Å²) in [5, 5.41) is 8.07. The molecular weight excluding hydrogens is 422 g/mol. The minimum atomic E-state index is -0.715. The molecule has 3 amide bonds. The van der Waals surface area contributed by atoms with Crippen LogP contribution in [0.3, 0.4) is 0 Å². The Balaban J connectivity index is 1.87. The molecule has 2 aromatic rings. The summed E-state index contributed by atoms with van der Waals surface area (Å²) in [6, 6.07) is 15.8. The maximum absolute atomic E-state index is 12.5. The van der Waals surface area contributed by atoms with E-state index >= 15 is 0 Å².